The second-order valence-electron chi connectivity index (χ2n) is 21.2. The van der Waals surface area contributed by atoms with Gasteiger partial charge in [-0.2, -0.15) is 0 Å². The highest BCUT2D eigenvalue weighted by Crippen LogP contribution is 2.27. The number of ether oxygens (including phenoxy) is 6. The summed E-state index contributed by atoms with van der Waals surface area (Å²) in [6.07, 6.45) is 41.7. The standard InChI is InChI=1S/C61H110O14/c1-3-5-7-9-11-13-15-17-19-21-23-24-25-27-29-31-33-35-37-39-41-43-45-70-47-50(73-53(63)44-42-40-38-36-34-32-30-28-26-22-20-18-16-14-12-10-8-6-4-2)48-71-60-59(69)57(67)55(65)52(75-60)49-72-61-58(68)56(66)54(64)51(46-62)74-61/h6,8,12,14,18,20,26,28,50-52,54-62,64-69H,3-5,7,9-11,13,15-17,19,21-25,27,29-49H2,1-2H3/b8-6-,14-12-,20-18-,28-26-. The number of aliphatic hydroxyl groups excluding tert-OH is 7. The van der Waals surface area contributed by atoms with Gasteiger partial charge in [-0.05, 0) is 51.4 Å². The molecule has 0 radical (unpaired) electrons. The molecule has 0 saturated carbocycles. The van der Waals surface area contributed by atoms with Crippen molar-refractivity contribution in [2.24, 2.45) is 0 Å². The average molecular weight is 1070 g/mol. The Bertz CT molecular complexity index is 1420. The number of unbranched alkanes of at least 4 members (excludes halogenated alkanes) is 27. The number of rotatable bonds is 49. The van der Waals surface area contributed by atoms with E-state index in [2.05, 4.69) is 62.5 Å². The smallest absolute Gasteiger partial charge is 0.306 e. The monoisotopic (exact) mass is 1070 g/mol. The lowest BCUT2D eigenvalue weighted by Crippen LogP contribution is -2.61. The van der Waals surface area contributed by atoms with Crippen LogP contribution >= 0.6 is 0 Å². The molecule has 0 amide bonds. The van der Waals surface area contributed by atoms with Gasteiger partial charge in [0.05, 0.1) is 26.4 Å². The van der Waals surface area contributed by atoms with E-state index in [0.29, 0.717) is 13.0 Å². The van der Waals surface area contributed by atoms with E-state index in [9.17, 15) is 40.5 Å². The minimum Gasteiger partial charge on any atom is -0.457 e. The summed E-state index contributed by atoms with van der Waals surface area (Å²) in [6.45, 7) is 3.60. The fraction of sp³-hybridized carbons (Fsp3) is 0.852. The fourth-order valence-electron chi connectivity index (χ4n) is 9.51. The molecule has 0 aromatic carbocycles. The lowest BCUT2D eigenvalue weighted by Gasteiger charge is -2.42. The van der Waals surface area contributed by atoms with E-state index >= 15 is 0 Å². The van der Waals surface area contributed by atoms with E-state index in [1.54, 1.807) is 0 Å². The second kappa shape index (κ2) is 47.9. The molecule has 0 aliphatic carbocycles. The van der Waals surface area contributed by atoms with Gasteiger partial charge in [-0.25, -0.2) is 0 Å². The Balaban J connectivity index is 1.70. The van der Waals surface area contributed by atoms with Crippen LogP contribution in [-0.2, 0) is 33.2 Å². The third kappa shape index (κ3) is 34.5. The molecule has 2 aliphatic heterocycles. The summed E-state index contributed by atoms with van der Waals surface area (Å²) in [7, 11) is 0. The average Bonchev–Trinajstić information content (AvgIpc) is 3.41. The van der Waals surface area contributed by atoms with E-state index < -0.39 is 80.7 Å². The molecule has 0 bridgehead atoms. The molecule has 2 saturated heterocycles. The Kier molecular flexibility index (Phi) is 44.1. The van der Waals surface area contributed by atoms with Crippen LogP contribution in [0.1, 0.15) is 232 Å². The Morgan fingerprint density at radius 3 is 1.36 bits per heavy atom. The molecule has 11 unspecified atom stereocenters. The molecule has 2 aliphatic rings. The minimum absolute atomic E-state index is 0.0575. The first-order valence-electron chi connectivity index (χ1n) is 30.2. The highest BCUT2D eigenvalue weighted by atomic mass is 16.7. The van der Waals surface area contributed by atoms with Gasteiger partial charge < -0.3 is 64.2 Å². The van der Waals surface area contributed by atoms with Crippen molar-refractivity contribution in [3.8, 4) is 0 Å². The molecule has 2 rings (SSSR count). The highest BCUT2D eigenvalue weighted by molar-refractivity contribution is 5.69. The van der Waals surface area contributed by atoms with Crippen molar-refractivity contribution in [1.82, 2.24) is 0 Å². The van der Waals surface area contributed by atoms with Crippen LogP contribution < -0.4 is 0 Å². The van der Waals surface area contributed by atoms with Crippen LogP contribution in [0.15, 0.2) is 48.6 Å². The van der Waals surface area contributed by atoms with E-state index in [1.165, 1.54) is 122 Å². The first-order chi connectivity index (χ1) is 36.6. The molecule has 14 heteroatoms. The normalized spacial score (nSPS) is 24.9. The molecule has 14 nitrogen and oxygen atoms in total. The number of allylic oxidation sites excluding steroid dienone is 8. The van der Waals surface area contributed by atoms with Gasteiger partial charge in [-0.1, -0.05) is 223 Å². The van der Waals surface area contributed by atoms with Gasteiger partial charge in [-0.15, -0.1) is 0 Å². The van der Waals surface area contributed by atoms with Crippen LogP contribution in [0.5, 0.6) is 0 Å². The molecule has 7 N–H and O–H groups in total. The third-order valence-electron chi connectivity index (χ3n) is 14.4. The van der Waals surface area contributed by atoms with Crippen LogP contribution in [-0.4, -0.2) is 142 Å². The maximum atomic E-state index is 13.1. The topological polar surface area (TPSA) is 214 Å². The predicted molar refractivity (Wildman–Crippen MR) is 298 cm³/mol. The summed E-state index contributed by atoms with van der Waals surface area (Å²) in [5.41, 5.74) is 0. The van der Waals surface area contributed by atoms with Gasteiger partial charge in [0.25, 0.3) is 0 Å². The quantitative estimate of drug-likeness (QED) is 0.0172. The molecule has 0 aromatic heterocycles. The first-order valence-corrected chi connectivity index (χ1v) is 30.2. The van der Waals surface area contributed by atoms with Gasteiger partial charge in [0, 0.05) is 13.0 Å². The zero-order chi connectivity index (χ0) is 54.4. The van der Waals surface area contributed by atoms with Crippen LogP contribution in [0.4, 0.5) is 0 Å². The zero-order valence-electron chi connectivity index (χ0n) is 47.0. The Labute approximate surface area is 454 Å². The van der Waals surface area contributed by atoms with E-state index in [0.717, 1.165) is 83.5 Å². The molecule has 0 spiro atoms. The summed E-state index contributed by atoms with van der Waals surface area (Å²) in [5, 5.41) is 72.4. The zero-order valence-corrected chi connectivity index (χ0v) is 47.0. The Morgan fingerprint density at radius 1 is 0.453 bits per heavy atom. The van der Waals surface area contributed by atoms with Gasteiger partial charge in [-0.3, -0.25) is 4.79 Å². The van der Waals surface area contributed by atoms with Gasteiger partial charge >= 0.3 is 5.97 Å². The van der Waals surface area contributed by atoms with Crippen molar-refractivity contribution in [2.45, 2.75) is 300 Å². The fourth-order valence-corrected chi connectivity index (χ4v) is 9.51. The molecule has 438 valence electrons. The van der Waals surface area contributed by atoms with Crippen molar-refractivity contribution >= 4 is 5.97 Å². The van der Waals surface area contributed by atoms with E-state index in [4.69, 9.17) is 28.4 Å². The molecule has 11 atom stereocenters. The Hall–Kier alpha value is -2.05. The van der Waals surface area contributed by atoms with Crippen molar-refractivity contribution in [3.05, 3.63) is 48.6 Å². The molecule has 75 heavy (non-hydrogen) atoms. The van der Waals surface area contributed by atoms with E-state index in [1.807, 2.05) is 0 Å². The predicted octanol–water partition coefficient (Wildman–Crippen LogP) is 11.1. The number of hydrogen-bond acceptors (Lipinski definition) is 14. The van der Waals surface area contributed by atoms with Crippen LogP contribution in [0.2, 0.25) is 0 Å². The van der Waals surface area contributed by atoms with Crippen LogP contribution in [0.3, 0.4) is 0 Å². The van der Waals surface area contributed by atoms with Crippen molar-refractivity contribution in [3.63, 3.8) is 0 Å². The maximum absolute atomic E-state index is 13.1. The summed E-state index contributed by atoms with van der Waals surface area (Å²) < 4.78 is 34.4. The van der Waals surface area contributed by atoms with Crippen molar-refractivity contribution < 1.29 is 69.0 Å². The maximum Gasteiger partial charge on any atom is 0.306 e. The number of esters is 1. The first kappa shape index (κ1) is 69.1. The van der Waals surface area contributed by atoms with Gasteiger partial charge in [0.1, 0.15) is 54.9 Å². The summed E-state index contributed by atoms with van der Waals surface area (Å²) in [4.78, 5) is 13.1. The number of hydrogen-bond donors (Lipinski definition) is 7. The molecule has 2 heterocycles. The van der Waals surface area contributed by atoms with Crippen LogP contribution in [0.25, 0.3) is 0 Å². The van der Waals surface area contributed by atoms with E-state index in [-0.39, 0.29) is 25.6 Å². The third-order valence-corrected chi connectivity index (χ3v) is 14.4. The van der Waals surface area contributed by atoms with Crippen molar-refractivity contribution in [1.29, 1.82) is 0 Å². The van der Waals surface area contributed by atoms with Crippen LogP contribution in [0, 0.1) is 0 Å². The van der Waals surface area contributed by atoms with Crippen molar-refractivity contribution in [2.75, 3.05) is 33.0 Å². The number of aliphatic hydroxyl groups is 7. The SMILES string of the molecule is CC/C=C\C/C=C\C/C=C\C/C=C\CCCCCCCCC(=O)OC(COCCCCCCCCCCCCCCCCCCCCCCCC)COC1OC(COC2OC(CO)C(O)C(O)C2O)C(O)C(O)C1O. The molecule has 0 aromatic rings. The molecular formula is C61H110O14. The number of carbonyl (C=O) groups is 1. The Morgan fingerprint density at radius 2 is 0.867 bits per heavy atom. The largest absolute Gasteiger partial charge is 0.457 e. The number of carbonyl (C=O) groups excluding carboxylic acids is 1. The minimum atomic E-state index is -1.71. The molecular weight excluding hydrogens is 957 g/mol. The summed E-state index contributed by atoms with van der Waals surface area (Å²) >= 11 is 0. The summed E-state index contributed by atoms with van der Waals surface area (Å²) in [6, 6.07) is 0. The van der Waals surface area contributed by atoms with Gasteiger partial charge in [0.15, 0.2) is 12.6 Å². The lowest BCUT2D eigenvalue weighted by atomic mass is 9.98. The second-order valence-corrected chi connectivity index (χ2v) is 21.2. The lowest BCUT2D eigenvalue weighted by molar-refractivity contribution is -0.332. The summed E-state index contributed by atoms with van der Waals surface area (Å²) in [5.74, 6) is -0.387. The van der Waals surface area contributed by atoms with Gasteiger partial charge in [0.2, 0.25) is 0 Å². The highest BCUT2D eigenvalue weighted by Gasteiger charge is 2.47. The molecule has 2 fully saturated rings.